The lowest BCUT2D eigenvalue weighted by molar-refractivity contribution is -0.147. The van der Waals surface area contributed by atoms with Gasteiger partial charge in [-0.3, -0.25) is 47.9 Å². The molecule has 0 aromatic heterocycles. The highest BCUT2D eigenvalue weighted by Gasteiger charge is 2.07. The van der Waals surface area contributed by atoms with Crippen molar-refractivity contribution in [3.63, 3.8) is 0 Å². The minimum Gasteiger partial charge on any atom is -0.481 e. The highest BCUT2D eigenvalue weighted by Crippen LogP contribution is 1.96. The Kier molecular flexibility index (Phi) is 55.6. The zero-order valence-corrected chi connectivity index (χ0v) is 33.8. The van der Waals surface area contributed by atoms with Gasteiger partial charge in [0.2, 0.25) is 0 Å². The van der Waals surface area contributed by atoms with Crippen LogP contribution in [0.15, 0.2) is 0 Å². The molecule has 20 heteroatoms. The van der Waals surface area contributed by atoms with Gasteiger partial charge in [0.25, 0.3) is 0 Å². The molecular weight excluding hydrogens is 752 g/mol. The Bertz CT molecular complexity index is 897. The molecule has 0 fully saturated rings. The van der Waals surface area contributed by atoms with Gasteiger partial charge in [0.1, 0.15) is 0 Å². The van der Waals surface area contributed by atoms with E-state index >= 15 is 0 Å². The number of esters is 5. The molecule has 0 amide bonds. The Hall–Kier alpha value is -5.30. The van der Waals surface area contributed by atoms with Crippen molar-refractivity contribution in [2.75, 3.05) is 33.0 Å². The van der Waals surface area contributed by atoms with E-state index in [0.29, 0.717) is 33.0 Å². The molecule has 0 bridgehead atoms. The SMILES string of the molecule is CCCCCC.CCOC(=O)CCC(=O)O.CCOC(=O)CCC(=O)O.CCOC(=O)CCC(=O)O.CCOC(=O)CCC(=O)O.CCOC(=O)CCC(=O)O. The third-order valence-electron chi connectivity index (χ3n) is 5.20. The molecule has 0 unspecified atom stereocenters. The number of aliphatic carboxylic acids is 5. The molecule has 0 rings (SSSR count). The third-order valence-corrected chi connectivity index (χ3v) is 5.20. The maximum absolute atomic E-state index is 10.5. The fraction of sp³-hybridized carbons (Fsp3) is 0.722. The van der Waals surface area contributed by atoms with E-state index in [-0.39, 0.29) is 64.2 Å². The number of hydrogen-bond donors (Lipinski definition) is 5. The van der Waals surface area contributed by atoms with Crippen LogP contribution in [0.5, 0.6) is 0 Å². The standard InChI is InChI=1S/5C6H10O4.C6H14/c5*1-2-10-6(9)4-3-5(7)8;1-3-5-6-4-2/h5*2-4H2,1H3,(H,7,8);3-6H2,1-2H3. The van der Waals surface area contributed by atoms with Crippen LogP contribution in [-0.2, 0) is 71.6 Å². The summed E-state index contributed by atoms with van der Waals surface area (Å²) >= 11 is 0. The van der Waals surface area contributed by atoms with Crippen molar-refractivity contribution in [3.05, 3.63) is 0 Å². The molecule has 20 nitrogen and oxygen atoms in total. The van der Waals surface area contributed by atoms with Gasteiger partial charge in [-0.05, 0) is 34.6 Å². The predicted octanol–water partition coefficient (Wildman–Crippen LogP) is 4.66. The van der Waals surface area contributed by atoms with Crippen LogP contribution in [0.4, 0.5) is 0 Å². The molecule has 56 heavy (non-hydrogen) atoms. The first-order valence-electron chi connectivity index (χ1n) is 18.1. The van der Waals surface area contributed by atoms with Gasteiger partial charge in [-0.15, -0.1) is 0 Å². The molecule has 0 aliphatic heterocycles. The monoisotopic (exact) mass is 816 g/mol. The van der Waals surface area contributed by atoms with Crippen LogP contribution in [-0.4, -0.2) is 118 Å². The summed E-state index contributed by atoms with van der Waals surface area (Å²) in [5, 5.41) is 40.6. The van der Waals surface area contributed by atoms with E-state index in [9.17, 15) is 47.9 Å². The topological polar surface area (TPSA) is 318 Å². The van der Waals surface area contributed by atoms with Crippen molar-refractivity contribution in [2.24, 2.45) is 0 Å². The second kappa shape index (κ2) is 49.7. The average Bonchev–Trinajstić information content (AvgIpc) is 3.11. The highest BCUT2D eigenvalue weighted by atomic mass is 16.5. The summed E-state index contributed by atoms with van der Waals surface area (Å²) in [7, 11) is 0. The van der Waals surface area contributed by atoms with E-state index in [1.54, 1.807) is 34.6 Å². The highest BCUT2D eigenvalue weighted by molar-refractivity contribution is 5.78. The number of carbonyl (C=O) groups excluding carboxylic acids is 5. The third kappa shape index (κ3) is 78.0. The quantitative estimate of drug-likeness (QED) is 0.0532. The number of carboxylic acids is 5. The van der Waals surface area contributed by atoms with E-state index in [1.165, 1.54) is 25.7 Å². The lowest BCUT2D eigenvalue weighted by atomic mass is 10.2. The van der Waals surface area contributed by atoms with E-state index in [4.69, 9.17) is 25.5 Å². The van der Waals surface area contributed by atoms with Crippen LogP contribution in [0, 0.1) is 0 Å². The van der Waals surface area contributed by atoms with Crippen molar-refractivity contribution in [1.29, 1.82) is 0 Å². The van der Waals surface area contributed by atoms with Gasteiger partial charge in [0.15, 0.2) is 0 Å². The van der Waals surface area contributed by atoms with Crippen molar-refractivity contribution < 1.29 is 97.2 Å². The number of rotatable bonds is 23. The lowest BCUT2D eigenvalue weighted by Crippen LogP contribution is -2.06. The van der Waals surface area contributed by atoms with Gasteiger partial charge < -0.3 is 49.2 Å². The number of carboxylic acid groups (broad SMARTS) is 5. The molecule has 328 valence electrons. The number of ether oxygens (including phenoxy) is 5. The van der Waals surface area contributed by atoms with E-state index in [1.807, 2.05) is 0 Å². The molecule has 0 aliphatic carbocycles. The van der Waals surface area contributed by atoms with Gasteiger partial charge in [-0.1, -0.05) is 39.5 Å². The van der Waals surface area contributed by atoms with Crippen LogP contribution in [0.1, 0.15) is 138 Å². The summed E-state index contributed by atoms with van der Waals surface area (Å²) in [6.07, 6.45) is 4.57. The minimum atomic E-state index is -0.979. The van der Waals surface area contributed by atoms with Crippen LogP contribution >= 0.6 is 0 Å². The van der Waals surface area contributed by atoms with Gasteiger partial charge in [0, 0.05) is 0 Å². The summed E-state index contributed by atoms with van der Waals surface area (Å²) in [6.45, 7) is 14.4. The Balaban J connectivity index is -0.000000135. The zero-order chi connectivity index (χ0) is 44.7. The van der Waals surface area contributed by atoms with E-state index < -0.39 is 59.7 Å². The van der Waals surface area contributed by atoms with Crippen LogP contribution < -0.4 is 0 Å². The van der Waals surface area contributed by atoms with Gasteiger partial charge >= 0.3 is 59.7 Å². The van der Waals surface area contributed by atoms with Crippen LogP contribution in [0.25, 0.3) is 0 Å². The molecule has 5 N–H and O–H groups in total. The van der Waals surface area contributed by atoms with Crippen molar-refractivity contribution in [1.82, 2.24) is 0 Å². The second-order valence-electron chi connectivity index (χ2n) is 10.2. The van der Waals surface area contributed by atoms with Crippen LogP contribution in [0.2, 0.25) is 0 Å². The molecule has 0 atom stereocenters. The van der Waals surface area contributed by atoms with Crippen molar-refractivity contribution in [3.8, 4) is 0 Å². The lowest BCUT2D eigenvalue weighted by Gasteiger charge is -1.97. The first kappa shape index (κ1) is 62.7. The number of hydrogen-bond acceptors (Lipinski definition) is 15. The molecule has 0 heterocycles. The van der Waals surface area contributed by atoms with E-state index in [0.717, 1.165) is 0 Å². The fourth-order valence-electron chi connectivity index (χ4n) is 2.71. The van der Waals surface area contributed by atoms with Gasteiger partial charge in [-0.2, -0.15) is 0 Å². The Morgan fingerprint density at radius 2 is 0.429 bits per heavy atom. The Morgan fingerprint density at radius 1 is 0.286 bits per heavy atom. The zero-order valence-electron chi connectivity index (χ0n) is 33.8. The molecule has 0 saturated carbocycles. The fourth-order valence-corrected chi connectivity index (χ4v) is 2.71. The molecule has 0 aromatic carbocycles. The summed E-state index contributed by atoms with van der Waals surface area (Å²) in [4.78, 5) is 102. The summed E-state index contributed by atoms with van der Waals surface area (Å²) in [5.74, 6) is -7.16. The largest absolute Gasteiger partial charge is 0.481 e. The molecule has 0 aromatic rings. The summed E-state index contributed by atoms with van der Waals surface area (Å²) in [6, 6.07) is 0. The maximum atomic E-state index is 10.5. The summed E-state index contributed by atoms with van der Waals surface area (Å²) < 4.78 is 22.5. The molecule has 0 spiro atoms. The van der Waals surface area contributed by atoms with Crippen molar-refractivity contribution >= 4 is 59.7 Å². The van der Waals surface area contributed by atoms with Gasteiger partial charge in [-0.25, -0.2) is 0 Å². The van der Waals surface area contributed by atoms with E-state index in [2.05, 4.69) is 37.5 Å². The molecule has 0 aliphatic rings. The first-order chi connectivity index (χ1) is 26.2. The molecule has 0 radical (unpaired) electrons. The minimum absolute atomic E-state index is 0.0385. The molecular formula is C36H64O20. The Labute approximate surface area is 328 Å². The normalized spacial score (nSPS) is 8.91. The maximum Gasteiger partial charge on any atom is 0.306 e. The van der Waals surface area contributed by atoms with Gasteiger partial charge in [0.05, 0.1) is 97.2 Å². The smallest absolute Gasteiger partial charge is 0.306 e. The first-order valence-corrected chi connectivity index (χ1v) is 18.1. The van der Waals surface area contributed by atoms with Crippen LogP contribution in [0.3, 0.4) is 0 Å². The average molecular weight is 817 g/mol. The predicted molar refractivity (Wildman–Crippen MR) is 197 cm³/mol. The number of unbranched alkanes of at least 4 members (excludes halogenated alkanes) is 3. The Morgan fingerprint density at radius 3 is 0.518 bits per heavy atom. The molecule has 0 saturated heterocycles. The second-order valence-corrected chi connectivity index (χ2v) is 10.2. The summed E-state index contributed by atoms with van der Waals surface area (Å²) in [5.41, 5.74) is 0. The van der Waals surface area contributed by atoms with Crippen molar-refractivity contribution in [2.45, 2.75) is 138 Å². The number of carbonyl (C=O) groups is 10.